The summed E-state index contributed by atoms with van der Waals surface area (Å²) in [6, 6.07) is 9.86. The molecule has 0 saturated heterocycles. The van der Waals surface area contributed by atoms with Crippen LogP contribution in [0, 0.1) is 0 Å². The minimum atomic E-state index is -0.173. The number of methoxy groups -OCH3 is 1. The van der Waals surface area contributed by atoms with Crippen LogP contribution in [0.1, 0.15) is 18.5 Å². The summed E-state index contributed by atoms with van der Waals surface area (Å²) < 4.78 is 5.33. The molecule has 17 heavy (non-hydrogen) atoms. The van der Waals surface area contributed by atoms with Crippen molar-refractivity contribution in [2.24, 2.45) is 5.73 Å². The summed E-state index contributed by atoms with van der Waals surface area (Å²) in [7, 11) is 1.66. The third kappa shape index (κ3) is 1.70. The number of aromatic nitrogens is 2. The third-order valence-corrected chi connectivity index (χ3v) is 3.29. The standard InChI is InChI=1S/C13H15N3O/c1-17-11-5-3-2-4-9(11)10-8-12(16-15-10)13(14)6-7-13/h2-5,8H,6-7,14H2,1H3,(H,15,16). The van der Waals surface area contributed by atoms with E-state index in [9.17, 15) is 0 Å². The summed E-state index contributed by atoms with van der Waals surface area (Å²) in [5.41, 5.74) is 8.84. The Labute approximate surface area is 99.8 Å². The zero-order valence-electron chi connectivity index (χ0n) is 9.73. The van der Waals surface area contributed by atoms with Gasteiger partial charge >= 0.3 is 0 Å². The van der Waals surface area contributed by atoms with Crippen LogP contribution in [0.4, 0.5) is 0 Å². The maximum atomic E-state index is 6.13. The summed E-state index contributed by atoms with van der Waals surface area (Å²) in [5.74, 6) is 0.826. The number of hydrogen-bond donors (Lipinski definition) is 2. The molecule has 3 N–H and O–H groups in total. The van der Waals surface area contributed by atoms with Crippen molar-refractivity contribution in [1.29, 1.82) is 0 Å². The Bertz CT molecular complexity index is 543. The number of para-hydroxylation sites is 1. The van der Waals surface area contributed by atoms with Crippen molar-refractivity contribution in [3.8, 4) is 17.0 Å². The van der Waals surface area contributed by atoms with Crippen molar-refractivity contribution in [2.45, 2.75) is 18.4 Å². The van der Waals surface area contributed by atoms with Gasteiger partial charge in [-0.3, -0.25) is 5.10 Å². The van der Waals surface area contributed by atoms with E-state index in [1.165, 1.54) is 0 Å². The number of H-pyrrole nitrogens is 1. The fourth-order valence-electron chi connectivity index (χ4n) is 1.98. The molecule has 0 bridgehead atoms. The summed E-state index contributed by atoms with van der Waals surface area (Å²) in [5, 5.41) is 7.34. The van der Waals surface area contributed by atoms with Crippen LogP contribution >= 0.6 is 0 Å². The van der Waals surface area contributed by atoms with Crippen molar-refractivity contribution in [3.63, 3.8) is 0 Å². The van der Waals surface area contributed by atoms with Crippen molar-refractivity contribution in [2.75, 3.05) is 7.11 Å². The summed E-state index contributed by atoms with van der Waals surface area (Å²) in [6.45, 7) is 0. The van der Waals surface area contributed by atoms with Crippen LogP contribution < -0.4 is 10.5 Å². The van der Waals surface area contributed by atoms with E-state index in [1.54, 1.807) is 7.11 Å². The molecular formula is C13H15N3O. The number of benzene rings is 1. The Morgan fingerprint density at radius 1 is 1.35 bits per heavy atom. The zero-order valence-corrected chi connectivity index (χ0v) is 9.73. The van der Waals surface area contributed by atoms with Crippen molar-refractivity contribution in [3.05, 3.63) is 36.0 Å². The second-order valence-electron chi connectivity index (χ2n) is 4.52. The van der Waals surface area contributed by atoms with Crippen molar-refractivity contribution >= 4 is 0 Å². The highest BCUT2D eigenvalue weighted by molar-refractivity contribution is 5.67. The SMILES string of the molecule is COc1ccccc1-c1cc(C2(N)CC2)[nH]n1. The van der Waals surface area contributed by atoms with E-state index in [-0.39, 0.29) is 5.54 Å². The molecule has 1 saturated carbocycles. The Kier molecular flexibility index (Phi) is 2.19. The minimum Gasteiger partial charge on any atom is -0.496 e. The first-order chi connectivity index (χ1) is 8.23. The molecule has 88 valence electrons. The van der Waals surface area contributed by atoms with E-state index < -0.39 is 0 Å². The first-order valence-electron chi connectivity index (χ1n) is 5.71. The van der Waals surface area contributed by atoms with Gasteiger partial charge in [-0.25, -0.2) is 0 Å². The quantitative estimate of drug-likeness (QED) is 0.846. The molecule has 1 aromatic carbocycles. The van der Waals surface area contributed by atoms with Crippen LogP contribution in [0.5, 0.6) is 5.75 Å². The van der Waals surface area contributed by atoms with E-state index in [4.69, 9.17) is 10.5 Å². The first kappa shape index (κ1) is 10.4. The highest BCUT2D eigenvalue weighted by atomic mass is 16.5. The van der Waals surface area contributed by atoms with Gasteiger partial charge in [-0.15, -0.1) is 0 Å². The summed E-state index contributed by atoms with van der Waals surface area (Å²) >= 11 is 0. The summed E-state index contributed by atoms with van der Waals surface area (Å²) in [4.78, 5) is 0. The van der Waals surface area contributed by atoms with E-state index >= 15 is 0 Å². The second kappa shape index (κ2) is 3.60. The number of ether oxygens (including phenoxy) is 1. The number of rotatable bonds is 3. The molecule has 0 aliphatic heterocycles. The number of nitrogens with one attached hydrogen (secondary N) is 1. The lowest BCUT2D eigenvalue weighted by Gasteiger charge is -2.05. The Hall–Kier alpha value is -1.81. The van der Waals surface area contributed by atoms with Gasteiger partial charge in [0.1, 0.15) is 5.75 Å². The van der Waals surface area contributed by atoms with Crippen LogP contribution in [0.3, 0.4) is 0 Å². The van der Waals surface area contributed by atoms with Crippen LogP contribution in [0.25, 0.3) is 11.3 Å². The summed E-state index contributed by atoms with van der Waals surface area (Å²) in [6.07, 6.45) is 2.06. The molecule has 0 amide bonds. The van der Waals surface area contributed by atoms with Crippen LogP contribution in [-0.2, 0) is 5.54 Å². The van der Waals surface area contributed by atoms with Gasteiger partial charge in [-0.05, 0) is 31.0 Å². The molecule has 2 aromatic rings. The third-order valence-electron chi connectivity index (χ3n) is 3.29. The molecular weight excluding hydrogens is 214 g/mol. The second-order valence-corrected chi connectivity index (χ2v) is 4.52. The van der Waals surface area contributed by atoms with Crippen molar-refractivity contribution in [1.82, 2.24) is 10.2 Å². The average Bonchev–Trinajstić information content (AvgIpc) is 2.94. The molecule has 3 rings (SSSR count). The van der Waals surface area contributed by atoms with E-state index in [1.807, 2.05) is 30.3 Å². The molecule has 4 heteroatoms. The highest BCUT2D eigenvalue weighted by Gasteiger charge is 2.41. The predicted octanol–water partition coefficient (Wildman–Crippen LogP) is 2.03. The van der Waals surface area contributed by atoms with Crippen LogP contribution in [0.2, 0.25) is 0 Å². The van der Waals surface area contributed by atoms with E-state index in [0.717, 1.165) is 35.5 Å². The molecule has 0 unspecified atom stereocenters. The average molecular weight is 229 g/mol. The highest BCUT2D eigenvalue weighted by Crippen LogP contribution is 2.42. The van der Waals surface area contributed by atoms with E-state index in [0.29, 0.717) is 0 Å². The van der Waals surface area contributed by atoms with Gasteiger partial charge in [-0.2, -0.15) is 5.10 Å². The molecule has 0 atom stereocenters. The minimum absolute atomic E-state index is 0.173. The molecule has 0 radical (unpaired) electrons. The zero-order chi connectivity index (χ0) is 11.9. The lowest BCUT2D eigenvalue weighted by molar-refractivity contribution is 0.416. The maximum absolute atomic E-state index is 6.13. The fraction of sp³-hybridized carbons (Fsp3) is 0.308. The maximum Gasteiger partial charge on any atom is 0.128 e. The van der Waals surface area contributed by atoms with Gasteiger partial charge in [0.15, 0.2) is 0 Å². The largest absolute Gasteiger partial charge is 0.496 e. The number of nitrogens with two attached hydrogens (primary N) is 1. The monoisotopic (exact) mass is 229 g/mol. The number of nitrogens with zero attached hydrogens (tertiary/aromatic N) is 1. The fourth-order valence-corrected chi connectivity index (χ4v) is 1.98. The Morgan fingerprint density at radius 3 is 2.82 bits per heavy atom. The van der Waals surface area contributed by atoms with Crippen LogP contribution in [0.15, 0.2) is 30.3 Å². The smallest absolute Gasteiger partial charge is 0.128 e. The van der Waals surface area contributed by atoms with Crippen LogP contribution in [-0.4, -0.2) is 17.3 Å². The molecule has 1 aromatic heterocycles. The molecule has 1 aliphatic carbocycles. The molecule has 0 spiro atoms. The molecule has 1 aliphatic rings. The molecule has 1 heterocycles. The van der Waals surface area contributed by atoms with Gasteiger partial charge in [0.05, 0.1) is 24.0 Å². The number of hydrogen-bond acceptors (Lipinski definition) is 3. The predicted molar refractivity (Wildman–Crippen MR) is 65.7 cm³/mol. The first-order valence-corrected chi connectivity index (χ1v) is 5.71. The van der Waals surface area contributed by atoms with Gasteiger partial charge in [0.2, 0.25) is 0 Å². The topological polar surface area (TPSA) is 63.9 Å². The Balaban J connectivity index is 2.01. The molecule has 4 nitrogen and oxygen atoms in total. The lowest BCUT2D eigenvalue weighted by atomic mass is 10.1. The lowest BCUT2D eigenvalue weighted by Crippen LogP contribution is -2.18. The normalized spacial score (nSPS) is 16.8. The molecule has 1 fully saturated rings. The number of aromatic amines is 1. The van der Waals surface area contributed by atoms with Gasteiger partial charge < -0.3 is 10.5 Å². The van der Waals surface area contributed by atoms with Gasteiger partial charge in [0.25, 0.3) is 0 Å². The van der Waals surface area contributed by atoms with Gasteiger partial charge in [-0.1, -0.05) is 12.1 Å². The van der Waals surface area contributed by atoms with Crippen molar-refractivity contribution < 1.29 is 4.74 Å². The Morgan fingerprint density at radius 2 is 2.12 bits per heavy atom. The van der Waals surface area contributed by atoms with E-state index in [2.05, 4.69) is 10.2 Å². The van der Waals surface area contributed by atoms with Gasteiger partial charge in [0, 0.05) is 5.56 Å².